The van der Waals surface area contributed by atoms with E-state index in [0.29, 0.717) is 23.4 Å². The maximum atomic E-state index is 12.3. The molecule has 104 valence electrons. The molecule has 1 aromatic carbocycles. The molecule has 0 fully saturated rings. The Morgan fingerprint density at radius 3 is 2.37 bits per heavy atom. The number of halogens is 1. The van der Waals surface area contributed by atoms with Gasteiger partial charge in [-0.3, -0.25) is 4.79 Å². The van der Waals surface area contributed by atoms with Crippen molar-refractivity contribution in [2.75, 3.05) is 0 Å². The highest BCUT2D eigenvalue weighted by molar-refractivity contribution is 9.10. The maximum Gasteiger partial charge on any atom is 0.252 e. The molecular weight excluding hydrogens is 324 g/mol. The van der Waals surface area contributed by atoms with Crippen LogP contribution < -0.4 is 11.1 Å². The first-order valence-electron chi connectivity index (χ1n) is 6.24. The summed E-state index contributed by atoms with van der Waals surface area (Å²) in [5.41, 5.74) is 6.81. The minimum Gasteiger partial charge on any atom is -0.391 e. The Morgan fingerprint density at radius 2 is 1.95 bits per heavy atom. The molecule has 0 atom stereocenters. The molecule has 0 radical (unpaired) electrons. The molecule has 5 heteroatoms. The zero-order chi connectivity index (χ0) is 14.6. The fraction of sp³-hybridized carbons (Fsp3) is 0.429. The summed E-state index contributed by atoms with van der Waals surface area (Å²) in [4.78, 5) is 12.7. The maximum absolute atomic E-state index is 12.3. The van der Waals surface area contributed by atoms with Crippen molar-refractivity contribution in [2.24, 2.45) is 5.73 Å². The highest BCUT2D eigenvalue weighted by Crippen LogP contribution is 2.19. The molecule has 0 saturated heterocycles. The van der Waals surface area contributed by atoms with Crippen LogP contribution in [0.15, 0.2) is 22.7 Å². The van der Waals surface area contributed by atoms with Crippen LogP contribution in [0.1, 0.15) is 42.6 Å². The van der Waals surface area contributed by atoms with Crippen LogP contribution in [0.5, 0.6) is 0 Å². The number of hydrogen-bond donors (Lipinski definition) is 2. The number of amides is 1. The van der Waals surface area contributed by atoms with Gasteiger partial charge in [-0.15, -0.1) is 0 Å². The summed E-state index contributed by atoms with van der Waals surface area (Å²) < 4.78 is 0.881. The van der Waals surface area contributed by atoms with E-state index in [1.165, 1.54) is 0 Å². The van der Waals surface area contributed by atoms with Gasteiger partial charge in [-0.1, -0.05) is 42.0 Å². The minimum absolute atomic E-state index is 0.152. The van der Waals surface area contributed by atoms with Crippen LogP contribution in [0.3, 0.4) is 0 Å². The van der Waals surface area contributed by atoms with Gasteiger partial charge in [0.25, 0.3) is 5.91 Å². The second-order valence-corrected chi connectivity index (χ2v) is 5.98. The topological polar surface area (TPSA) is 55.1 Å². The third kappa shape index (κ3) is 3.76. The van der Waals surface area contributed by atoms with E-state index < -0.39 is 5.54 Å². The zero-order valence-corrected chi connectivity index (χ0v) is 13.8. The van der Waals surface area contributed by atoms with Gasteiger partial charge in [-0.25, -0.2) is 0 Å². The lowest BCUT2D eigenvalue weighted by molar-refractivity contribution is 0.0919. The lowest BCUT2D eigenvalue weighted by Gasteiger charge is -2.31. The molecular formula is C14H19BrN2OS. The molecule has 0 aromatic heterocycles. The van der Waals surface area contributed by atoms with Crippen LogP contribution in [0.25, 0.3) is 0 Å². The molecule has 3 nitrogen and oxygen atoms in total. The molecule has 1 rings (SSSR count). The van der Waals surface area contributed by atoms with Crippen molar-refractivity contribution in [3.8, 4) is 0 Å². The van der Waals surface area contributed by atoms with E-state index in [9.17, 15) is 4.79 Å². The minimum atomic E-state index is -0.608. The standard InChI is InChI=1S/C14H19BrN2OS/c1-4-14(5-2,13(16)19)17-12(18)10-6-9(3)7-11(15)8-10/h6-8H,4-5H2,1-3H3,(H2,16,19)(H,17,18). The first kappa shape index (κ1) is 16.1. The molecule has 0 heterocycles. The summed E-state index contributed by atoms with van der Waals surface area (Å²) in [5, 5.41) is 2.97. The van der Waals surface area contributed by atoms with E-state index >= 15 is 0 Å². The summed E-state index contributed by atoms with van der Waals surface area (Å²) >= 11 is 8.49. The lowest BCUT2D eigenvalue weighted by atomic mass is 9.92. The number of aryl methyl sites for hydroxylation is 1. The van der Waals surface area contributed by atoms with Gasteiger partial charge in [0.05, 0.1) is 10.5 Å². The van der Waals surface area contributed by atoms with E-state index in [-0.39, 0.29) is 5.91 Å². The van der Waals surface area contributed by atoms with Crippen molar-refractivity contribution >= 4 is 39.0 Å². The van der Waals surface area contributed by atoms with Crippen LogP contribution in [-0.4, -0.2) is 16.4 Å². The summed E-state index contributed by atoms with van der Waals surface area (Å²) in [5.74, 6) is -0.152. The van der Waals surface area contributed by atoms with Crippen LogP contribution in [0.4, 0.5) is 0 Å². The largest absolute Gasteiger partial charge is 0.391 e. The number of benzene rings is 1. The predicted octanol–water partition coefficient (Wildman–Crippen LogP) is 3.33. The van der Waals surface area contributed by atoms with Crippen LogP contribution in [-0.2, 0) is 0 Å². The number of carbonyl (C=O) groups excluding carboxylic acids is 1. The first-order chi connectivity index (χ1) is 8.84. The van der Waals surface area contributed by atoms with Gasteiger partial charge in [0.1, 0.15) is 0 Å². The van der Waals surface area contributed by atoms with Gasteiger partial charge in [0, 0.05) is 10.0 Å². The Hall–Kier alpha value is -0.940. The molecule has 0 unspecified atom stereocenters. The molecule has 0 aliphatic rings. The van der Waals surface area contributed by atoms with E-state index in [2.05, 4.69) is 21.2 Å². The number of carbonyl (C=O) groups is 1. The summed E-state index contributed by atoms with van der Waals surface area (Å²) in [6, 6.07) is 5.59. The molecule has 0 saturated carbocycles. The van der Waals surface area contributed by atoms with Gasteiger partial charge >= 0.3 is 0 Å². The lowest BCUT2D eigenvalue weighted by Crippen LogP contribution is -2.55. The van der Waals surface area contributed by atoms with Gasteiger partial charge in [-0.2, -0.15) is 0 Å². The number of thiocarbonyl (C=S) groups is 1. The van der Waals surface area contributed by atoms with Gasteiger partial charge in [0.15, 0.2) is 0 Å². The summed E-state index contributed by atoms with van der Waals surface area (Å²) in [7, 11) is 0. The highest BCUT2D eigenvalue weighted by Gasteiger charge is 2.31. The van der Waals surface area contributed by atoms with Gasteiger partial charge in [-0.05, 0) is 43.5 Å². The van der Waals surface area contributed by atoms with Crippen molar-refractivity contribution in [1.82, 2.24) is 5.32 Å². The quantitative estimate of drug-likeness (QED) is 0.807. The van der Waals surface area contributed by atoms with E-state index in [0.717, 1.165) is 10.0 Å². The average Bonchev–Trinajstić information content (AvgIpc) is 2.34. The fourth-order valence-electron chi connectivity index (χ4n) is 1.99. The van der Waals surface area contributed by atoms with Gasteiger partial charge in [0.2, 0.25) is 0 Å². The molecule has 0 aliphatic carbocycles. The number of hydrogen-bond acceptors (Lipinski definition) is 2. The van der Waals surface area contributed by atoms with Crippen LogP contribution in [0, 0.1) is 6.92 Å². The van der Waals surface area contributed by atoms with E-state index in [1.807, 2.05) is 32.9 Å². The fourth-order valence-corrected chi connectivity index (χ4v) is 2.94. The Balaban J connectivity index is 3.03. The Morgan fingerprint density at radius 1 is 1.37 bits per heavy atom. The molecule has 19 heavy (non-hydrogen) atoms. The summed E-state index contributed by atoms with van der Waals surface area (Å²) in [6.07, 6.45) is 1.36. The van der Waals surface area contributed by atoms with E-state index in [1.54, 1.807) is 6.07 Å². The SMILES string of the molecule is CCC(CC)(NC(=O)c1cc(C)cc(Br)c1)C(N)=S. The van der Waals surface area contributed by atoms with E-state index in [4.69, 9.17) is 18.0 Å². The molecule has 3 N–H and O–H groups in total. The van der Waals surface area contributed by atoms with Crippen molar-refractivity contribution in [3.63, 3.8) is 0 Å². The Labute approximate surface area is 128 Å². The second kappa shape index (κ2) is 6.48. The molecule has 1 aromatic rings. The third-order valence-electron chi connectivity index (χ3n) is 3.34. The average molecular weight is 343 g/mol. The number of nitrogens with two attached hydrogens (primary N) is 1. The first-order valence-corrected chi connectivity index (χ1v) is 7.44. The summed E-state index contributed by atoms with van der Waals surface area (Å²) in [6.45, 7) is 5.88. The van der Waals surface area contributed by atoms with Crippen molar-refractivity contribution in [3.05, 3.63) is 33.8 Å². The predicted molar refractivity (Wildman–Crippen MR) is 86.4 cm³/mol. The third-order valence-corrected chi connectivity index (χ3v) is 4.18. The monoisotopic (exact) mass is 342 g/mol. The number of rotatable bonds is 5. The van der Waals surface area contributed by atoms with Gasteiger partial charge < -0.3 is 11.1 Å². The molecule has 0 bridgehead atoms. The normalized spacial score (nSPS) is 11.2. The van der Waals surface area contributed by atoms with Crippen molar-refractivity contribution in [2.45, 2.75) is 39.2 Å². The van der Waals surface area contributed by atoms with Crippen molar-refractivity contribution in [1.29, 1.82) is 0 Å². The van der Waals surface area contributed by atoms with Crippen LogP contribution in [0.2, 0.25) is 0 Å². The highest BCUT2D eigenvalue weighted by atomic mass is 79.9. The second-order valence-electron chi connectivity index (χ2n) is 4.62. The van der Waals surface area contributed by atoms with Crippen molar-refractivity contribution < 1.29 is 4.79 Å². The number of nitrogens with one attached hydrogen (secondary N) is 1. The zero-order valence-electron chi connectivity index (χ0n) is 11.4. The Bertz CT molecular complexity index is 478. The smallest absolute Gasteiger partial charge is 0.252 e. The molecule has 1 amide bonds. The Kier molecular flexibility index (Phi) is 5.50. The molecule has 0 spiro atoms. The molecule has 0 aliphatic heterocycles. The van der Waals surface area contributed by atoms with Crippen LogP contribution >= 0.6 is 28.1 Å².